The van der Waals surface area contributed by atoms with Gasteiger partial charge in [-0.2, -0.15) is 0 Å². The number of hydrogen-bond acceptors (Lipinski definition) is 2. The monoisotopic (exact) mass is 1170 g/mol. The molecule has 0 saturated heterocycles. The van der Waals surface area contributed by atoms with Gasteiger partial charge in [0.05, 0.1) is 22.8 Å². The summed E-state index contributed by atoms with van der Waals surface area (Å²) in [5, 5.41) is 0. The molecule has 9 rings (SSSR count). The fraction of sp³-hybridized carbons (Fsp3) is 0.706. The number of fused-ring (bicyclic) bond motifs is 8. The van der Waals surface area contributed by atoms with Gasteiger partial charge in [0.15, 0.2) is 0 Å². The van der Waals surface area contributed by atoms with E-state index < -0.39 is 0 Å². The van der Waals surface area contributed by atoms with Crippen LogP contribution in [0.5, 0.6) is 0 Å². The standard InChI is InChI=1S/C68H102N4.Pt/c1-17-45-57-33-58-46(18-2)67(55-31-43(15)23-27-51(55)39(9)10)63(70-58)36-64-68(56-32-44(16)24-28-52(56)40(11)12)48(20-4)60(72-64)35-62-66(54-30-42(14)22-26-50(54)38(7)8)47(19-3)59(71-62)34-61(69-57)65(45)53-29-41(13)21-25-49(53)37(5)6;/h33-44,49-56,70,72H,17-32H2,1-16H3;. The van der Waals surface area contributed by atoms with Gasteiger partial charge in [0.25, 0.3) is 0 Å². The van der Waals surface area contributed by atoms with E-state index in [0.717, 1.165) is 37.5 Å². The molecule has 8 bridgehead atoms. The third-order valence-electron chi connectivity index (χ3n) is 20.8. The summed E-state index contributed by atoms with van der Waals surface area (Å²) in [4.78, 5) is 20.7. The van der Waals surface area contributed by atoms with Crippen molar-refractivity contribution in [3.63, 3.8) is 0 Å². The molecule has 3 aromatic rings. The summed E-state index contributed by atoms with van der Waals surface area (Å²) in [6.45, 7) is 39.9. The van der Waals surface area contributed by atoms with Crippen LogP contribution in [-0.2, 0) is 33.9 Å². The molecule has 4 aliphatic carbocycles. The van der Waals surface area contributed by atoms with Gasteiger partial charge < -0.3 is 9.97 Å². The van der Waals surface area contributed by atoms with Crippen molar-refractivity contribution in [1.82, 2.24) is 19.9 Å². The first kappa shape index (κ1) is 56.5. The van der Waals surface area contributed by atoms with Gasteiger partial charge in [0, 0.05) is 43.1 Å². The Hall–Kier alpha value is -2.71. The van der Waals surface area contributed by atoms with Gasteiger partial charge in [0.2, 0.25) is 0 Å². The number of aromatic nitrogens is 4. The van der Waals surface area contributed by atoms with Crippen molar-refractivity contribution in [2.75, 3.05) is 0 Å². The molecule has 6 aliphatic rings. The van der Waals surface area contributed by atoms with E-state index in [9.17, 15) is 0 Å². The smallest absolute Gasteiger partial charge is 0.0697 e. The number of aromatic amines is 2. The molecule has 0 radical (unpaired) electrons. The number of rotatable bonds is 12. The summed E-state index contributed by atoms with van der Waals surface area (Å²) < 4.78 is 0. The average Bonchev–Trinajstić information content (AvgIpc) is 4.07. The minimum absolute atomic E-state index is 0. The number of allylic oxidation sites excluding steroid dienone is 4. The SMILES string of the molecule is CCC1=C(C2CC(C)CCC2C(C)C)c2cc3nc(cc4[nH]c(cc5[nH]c(cc1n2)c(CC)c5C1CC(C)CCC1C(C)C)c(C1CC(C)CCC1C(C)C)c4CC)C(C1CC(C)CCC1C(C)C)=C3CC.[Pt]. The molecular formula is C68H102N4Pt. The van der Waals surface area contributed by atoms with Gasteiger partial charge in [-0.25, -0.2) is 9.97 Å². The summed E-state index contributed by atoms with van der Waals surface area (Å²) in [7, 11) is 0. The number of nitrogens with one attached hydrogen (secondary N) is 2. The second kappa shape index (κ2) is 23.5. The summed E-state index contributed by atoms with van der Waals surface area (Å²) >= 11 is 0. The minimum Gasteiger partial charge on any atom is -0.355 e. The van der Waals surface area contributed by atoms with Crippen LogP contribution in [0.4, 0.5) is 0 Å². The molecule has 3 aromatic heterocycles. The maximum atomic E-state index is 6.00. The summed E-state index contributed by atoms with van der Waals surface area (Å²) in [5.41, 5.74) is 22.5. The van der Waals surface area contributed by atoms with Gasteiger partial charge in [-0.15, -0.1) is 0 Å². The van der Waals surface area contributed by atoms with Gasteiger partial charge in [-0.3, -0.25) is 0 Å². The van der Waals surface area contributed by atoms with Gasteiger partial charge in [-0.1, -0.05) is 136 Å². The largest absolute Gasteiger partial charge is 0.355 e. The number of nitrogens with zero attached hydrogens (tertiary/aromatic N) is 2. The van der Waals surface area contributed by atoms with Crippen LogP contribution in [0.15, 0.2) is 24.3 Å². The Morgan fingerprint density at radius 2 is 0.712 bits per heavy atom. The maximum Gasteiger partial charge on any atom is 0.0697 e. The summed E-state index contributed by atoms with van der Waals surface area (Å²) in [5.74, 6) is 10.0. The molecule has 12 atom stereocenters. The first-order valence-corrected chi connectivity index (χ1v) is 30.7. The number of hydrogen-bond donors (Lipinski definition) is 2. The molecule has 2 aliphatic heterocycles. The van der Waals surface area contributed by atoms with Crippen LogP contribution in [0.25, 0.3) is 44.4 Å². The van der Waals surface area contributed by atoms with Crippen molar-refractivity contribution in [3.05, 3.63) is 69.3 Å². The van der Waals surface area contributed by atoms with E-state index in [1.807, 2.05) is 0 Å². The van der Waals surface area contributed by atoms with Crippen molar-refractivity contribution in [3.8, 4) is 0 Å². The first-order valence-electron chi connectivity index (χ1n) is 30.7. The molecule has 4 saturated carbocycles. The van der Waals surface area contributed by atoms with Crippen LogP contribution in [0.3, 0.4) is 0 Å². The zero-order valence-electron chi connectivity index (χ0n) is 49.1. The van der Waals surface area contributed by atoms with Crippen molar-refractivity contribution in [2.24, 2.45) is 82.9 Å². The molecule has 5 heterocycles. The van der Waals surface area contributed by atoms with Crippen LogP contribution in [0.1, 0.15) is 258 Å². The topological polar surface area (TPSA) is 57.4 Å². The average molecular weight is 1170 g/mol. The van der Waals surface area contributed by atoms with E-state index in [2.05, 4.69) is 145 Å². The molecule has 2 N–H and O–H groups in total. The third-order valence-corrected chi connectivity index (χ3v) is 20.8. The van der Waals surface area contributed by atoms with Gasteiger partial charge in [-0.05, 0) is 241 Å². The Balaban J connectivity index is 0.00000711. The Labute approximate surface area is 460 Å². The maximum absolute atomic E-state index is 6.00. The minimum atomic E-state index is 0. The molecule has 4 nitrogen and oxygen atoms in total. The first-order chi connectivity index (χ1) is 34.5. The fourth-order valence-electron chi connectivity index (χ4n) is 17.1. The molecule has 12 unspecified atom stereocenters. The Morgan fingerprint density at radius 1 is 0.397 bits per heavy atom. The van der Waals surface area contributed by atoms with E-state index in [4.69, 9.17) is 9.97 Å². The van der Waals surface area contributed by atoms with Crippen molar-refractivity contribution in [1.29, 1.82) is 0 Å². The molecule has 5 heteroatoms. The second-order valence-corrected chi connectivity index (χ2v) is 27.0. The Morgan fingerprint density at radius 3 is 1.05 bits per heavy atom. The molecule has 4 fully saturated rings. The summed E-state index contributed by atoms with van der Waals surface area (Å²) in [6, 6.07) is 10.3. The van der Waals surface area contributed by atoms with Crippen LogP contribution in [0.2, 0.25) is 0 Å². The quantitative estimate of drug-likeness (QED) is 0.190. The molecule has 0 amide bonds. The van der Waals surface area contributed by atoms with Crippen molar-refractivity contribution >= 4 is 44.4 Å². The van der Waals surface area contributed by atoms with Crippen LogP contribution in [0, 0.1) is 82.9 Å². The normalized spacial score (nSPS) is 30.3. The predicted octanol–water partition coefficient (Wildman–Crippen LogP) is 19.8. The molecule has 0 aromatic carbocycles. The molecule has 404 valence electrons. The number of H-pyrrole nitrogens is 2. The Kier molecular flexibility index (Phi) is 18.2. The van der Waals surface area contributed by atoms with E-state index in [1.54, 1.807) is 22.3 Å². The fourth-order valence-corrected chi connectivity index (χ4v) is 17.1. The van der Waals surface area contributed by atoms with Gasteiger partial charge >= 0.3 is 0 Å². The van der Waals surface area contributed by atoms with Crippen molar-refractivity contribution < 1.29 is 21.1 Å². The zero-order valence-corrected chi connectivity index (χ0v) is 51.3. The van der Waals surface area contributed by atoms with E-state index >= 15 is 0 Å². The van der Waals surface area contributed by atoms with Crippen molar-refractivity contribution in [2.45, 2.75) is 225 Å². The summed E-state index contributed by atoms with van der Waals surface area (Å²) in [6.07, 6.45) is 19.6. The second-order valence-electron chi connectivity index (χ2n) is 27.0. The third kappa shape index (κ3) is 10.9. The molecular weight excluding hydrogens is 1070 g/mol. The molecule has 0 spiro atoms. The zero-order chi connectivity index (χ0) is 51.4. The van der Waals surface area contributed by atoms with E-state index in [-0.39, 0.29) is 21.1 Å². The van der Waals surface area contributed by atoms with E-state index in [1.165, 1.54) is 144 Å². The van der Waals surface area contributed by atoms with Crippen LogP contribution >= 0.6 is 0 Å². The van der Waals surface area contributed by atoms with E-state index in [0.29, 0.717) is 82.9 Å². The van der Waals surface area contributed by atoms with Gasteiger partial charge in [0.1, 0.15) is 0 Å². The van der Waals surface area contributed by atoms with Crippen LogP contribution < -0.4 is 0 Å². The molecule has 73 heavy (non-hydrogen) atoms. The van der Waals surface area contributed by atoms with Crippen LogP contribution in [-0.4, -0.2) is 19.9 Å². The number of aryl methyl sites for hydroxylation is 2. The Bertz CT molecular complexity index is 2650. The predicted molar refractivity (Wildman–Crippen MR) is 312 cm³/mol.